The zero-order valence-corrected chi connectivity index (χ0v) is 16.5. The van der Waals surface area contributed by atoms with Gasteiger partial charge in [0.25, 0.3) is 5.91 Å². The second kappa shape index (κ2) is 10.4. The number of carbonyl (C=O) groups excluding carboxylic acids is 2. The molecule has 0 aliphatic rings. The van der Waals surface area contributed by atoms with Gasteiger partial charge >= 0.3 is 0 Å². The molecule has 28 heavy (non-hydrogen) atoms. The van der Waals surface area contributed by atoms with Crippen molar-refractivity contribution in [1.82, 2.24) is 10.2 Å². The van der Waals surface area contributed by atoms with Gasteiger partial charge < -0.3 is 15.0 Å². The van der Waals surface area contributed by atoms with E-state index in [0.717, 1.165) is 12.0 Å². The molecule has 2 atom stereocenters. The Balaban J connectivity index is 2.12. The van der Waals surface area contributed by atoms with Gasteiger partial charge in [0, 0.05) is 12.6 Å². The molecular formula is C22H27FN2O3. The first kappa shape index (κ1) is 21.4. The first-order valence-corrected chi connectivity index (χ1v) is 9.42. The van der Waals surface area contributed by atoms with Crippen molar-refractivity contribution in [2.24, 2.45) is 0 Å². The van der Waals surface area contributed by atoms with E-state index in [-0.39, 0.29) is 36.8 Å². The molecule has 6 heteroatoms. The van der Waals surface area contributed by atoms with Crippen molar-refractivity contribution in [3.05, 3.63) is 66.0 Å². The number of nitrogens with zero attached hydrogens (tertiary/aromatic N) is 1. The molecule has 0 radical (unpaired) electrons. The largest absolute Gasteiger partial charge is 0.484 e. The topological polar surface area (TPSA) is 58.6 Å². The average Bonchev–Trinajstić information content (AvgIpc) is 2.71. The van der Waals surface area contributed by atoms with Gasteiger partial charge in [-0.05, 0) is 50.1 Å². The van der Waals surface area contributed by atoms with Crippen LogP contribution in [0.4, 0.5) is 4.39 Å². The Hall–Kier alpha value is -2.89. The van der Waals surface area contributed by atoms with Crippen LogP contribution in [0.5, 0.6) is 5.75 Å². The first-order chi connectivity index (χ1) is 13.4. The van der Waals surface area contributed by atoms with Crippen molar-refractivity contribution in [3.8, 4) is 5.75 Å². The number of rotatable bonds is 9. The Kier molecular flexibility index (Phi) is 7.99. The summed E-state index contributed by atoms with van der Waals surface area (Å²) in [6.45, 7) is 5.57. The van der Waals surface area contributed by atoms with E-state index in [1.54, 1.807) is 31.2 Å². The standard InChI is InChI=1S/C22H27FN2O3/c1-4-16(2)24-22(27)17(3)25(14-18-10-12-19(23)13-11-18)21(26)15-28-20-8-6-5-7-9-20/h5-13,16-17H,4,14-15H2,1-3H3,(H,24,27)/t16-,17-/m1/s1. The lowest BCUT2D eigenvalue weighted by Crippen LogP contribution is -2.50. The third-order valence-electron chi connectivity index (χ3n) is 4.54. The van der Waals surface area contributed by atoms with E-state index in [1.165, 1.54) is 17.0 Å². The van der Waals surface area contributed by atoms with Gasteiger partial charge in [-0.3, -0.25) is 9.59 Å². The van der Waals surface area contributed by atoms with E-state index in [1.807, 2.05) is 32.0 Å². The normalized spacial score (nSPS) is 12.7. The van der Waals surface area contributed by atoms with Crippen LogP contribution in [-0.4, -0.2) is 35.4 Å². The van der Waals surface area contributed by atoms with Gasteiger partial charge in [-0.15, -0.1) is 0 Å². The summed E-state index contributed by atoms with van der Waals surface area (Å²) in [6, 6.07) is 14.2. The SMILES string of the molecule is CC[C@@H](C)NC(=O)[C@@H](C)N(Cc1ccc(F)cc1)C(=O)COc1ccccc1. The number of hydrogen-bond donors (Lipinski definition) is 1. The average molecular weight is 386 g/mol. The molecule has 0 aliphatic heterocycles. The minimum absolute atomic E-state index is 0.0123. The maximum absolute atomic E-state index is 13.2. The third kappa shape index (κ3) is 6.37. The molecule has 0 saturated carbocycles. The molecule has 0 heterocycles. The molecule has 0 unspecified atom stereocenters. The molecule has 1 N–H and O–H groups in total. The fourth-order valence-corrected chi connectivity index (χ4v) is 2.58. The van der Waals surface area contributed by atoms with Gasteiger partial charge in [0.2, 0.25) is 5.91 Å². The van der Waals surface area contributed by atoms with Crippen LogP contribution >= 0.6 is 0 Å². The highest BCUT2D eigenvalue weighted by Crippen LogP contribution is 2.13. The highest BCUT2D eigenvalue weighted by Gasteiger charge is 2.27. The number of amides is 2. The molecule has 0 bridgehead atoms. The lowest BCUT2D eigenvalue weighted by atomic mass is 10.1. The van der Waals surface area contributed by atoms with Crippen LogP contribution in [-0.2, 0) is 16.1 Å². The van der Waals surface area contributed by atoms with Gasteiger partial charge in [0.05, 0.1) is 0 Å². The minimum Gasteiger partial charge on any atom is -0.484 e. The van der Waals surface area contributed by atoms with Crippen LogP contribution in [0.25, 0.3) is 0 Å². The van der Waals surface area contributed by atoms with Crippen LogP contribution in [0.15, 0.2) is 54.6 Å². The Morgan fingerprint density at radius 3 is 2.32 bits per heavy atom. The fraction of sp³-hybridized carbons (Fsp3) is 0.364. The molecule has 2 aromatic rings. The summed E-state index contributed by atoms with van der Waals surface area (Å²) in [5.41, 5.74) is 0.734. The van der Waals surface area contributed by atoms with E-state index in [0.29, 0.717) is 5.75 Å². The van der Waals surface area contributed by atoms with Crippen molar-refractivity contribution < 1.29 is 18.7 Å². The van der Waals surface area contributed by atoms with Gasteiger partial charge in [0.1, 0.15) is 17.6 Å². The van der Waals surface area contributed by atoms with E-state index in [4.69, 9.17) is 4.74 Å². The van der Waals surface area contributed by atoms with Crippen molar-refractivity contribution >= 4 is 11.8 Å². The summed E-state index contributed by atoms with van der Waals surface area (Å²) in [7, 11) is 0. The number of para-hydroxylation sites is 1. The number of hydrogen-bond acceptors (Lipinski definition) is 3. The Bertz CT molecular complexity index is 765. The Morgan fingerprint density at radius 1 is 1.07 bits per heavy atom. The first-order valence-electron chi connectivity index (χ1n) is 9.42. The molecule has 2 amide bonds. The number of ether oxygens (including phenoxy) is 1. The zero-order valence-electron chi connectivity index (χ0n) is 16.5. The lowest BCUT2D eigenvalue weighted by Gasteiger charge is -2.29. The van der Waals surface area contributed by atoms with Crippen LogP contribution in [0.1, 0.15) is 32.8 Å². The smallest absolute Gasteiger partial charge is 0.261 e. The summed E-state index contributed by atoms with van der Waals surface area (Å²) in [5.74, 6) is -0.324. The molecule has 150 valence electrons. The number of carbonyl (C=O) groups is 2. The van der Waals surface area contributed by atoms with Crippen LogP contribution in [0.3, 0.4) is 0 Å². The summed E-state index contributed by atoms with van der Waals surface area (Å²) in [6.07, 6.45) is 0.793. The molecule has 0 aromatic heterocycles. The summed E-state index contributed by atoms with van der Waals surface area (Å²) in [4.78, 5) is 26.9. The Labute approximate surface area is 165 Å². The van der Waals surface area contributed by atoms with Crippen molar-refractivity contribution in [1.29, 1.82) is 0 Å². The summed E-state index contributed by atoms with van der Waals surface area (Å²) >= 11 is 0. The quantitative estimate of drug-likeness (QED) is 0.717. The van der Waals surface area contributed by atoms with Crippen LogP contribution < -0.4 is 10.1 Å². The van der Waals surface area contributed by atoms with Crippen molar-refractivity contribution in [2.45, 2.75) is 45.8 Å². The monoisotopic (exact) mass is 386 g/mol. The summed E-state index contributed by atoms with van der Waals surface area (Å²) in [5, 5.41) is 2.90. The zero-order chi connectivity index (χ0) is 20.5. The molecule has 0 fully saturated rings. The molecular weight excluding hydrogens is 359 g/mol. The van der Waals surface area contributed by atoms with Crippen molar-refractivity contribution in [3.63, 3.8) is 0 Å². The molecule has 2 aromatic carbocycles. The Morgan fingerprint density at radius 2 is 1.71 bits per heavy atom. The van der Waals surface area contributed by atoms with Gasteiger partial charge in [-0.25, -0.2) is 4.39 Å². The lowest BCUT2D eigenvalue weighted by molar-refractivity contribution is -0.142. The summed E-state index contributed by atoms with van der Waals surface area (Å²) < 4.78 is 18.8. The highest BCUT2D eigenvalue weighted by molar-refractivity contribution is 5.88. The predicted octanol–water partition coefficient (Wildman–Crippen LogP) is 3.54. The van der Waals surface area contributed by atoms with E-state index in [2.05, 4.69) is 5.32 Å². The molecule has 0 spiro atoms. The highest BCUT2D eigenvalue weighted by atomic mass is 19.1. The molecule has 0 saturated heterocycles. The van der Waals surface area contributed by atoms with Gasteiger partial charge in [-0.1, -0.05) is 37.3 Å². The van der Waals surface area contributed by atoms with Gasteiger partial charge in [-0.2, -0.15) is 0 Å². The molecule has 2 rings (SSSR count). The van der Waals surface area contributed by atoms with Crippen molar-refractivity contribution in [2.75, 3.05) is 6.61 Å². The minimum atomic E-state index is -0.689. The second-order valence-electron chi connectivity index (χ2n) is 6.74. The van der Waals surface area contributed by atoms with Crippen LogP contribution in [0, 0.1) is 5.82 Å². The van der Waals surface area contributed by atoms with E-state index < -0.39 is 6.04 Å². The third-order valence-corrected chi connectivity index (χ3v) is 4.54. The second-order valence-corrected chi connectivity index (χ2v) is 6.74. The van der Waals surface area contributed by atoms with Gasteiger partial charge in [0.15, 0.2) is 6.61 Å². The van der Waals surface area contributed by atoms with E-state index in [9.17, 15) is 14.0 Å². The maximum Gasteiger partial charge on any atom is 0.261 e. The molecule has 0 aliphatic carbocycles. The maximum atomic E-state index is 13.2. The number of nitrogens with one attached hydrogen (secondary N) is 1. The van der Waals surface area contributed by atoms with Crippen LogP contribution in [0.2, 0.25) is 0 Å². The molecule has 5 nitrogen and oxygen atoms in total. The van der Waals surface area contributed by atoms with E-state index >= 15 is 0 Å². The predicted molar refractivity (Wildman–Crippen MR) is 106 cm³/mol. The number of halogens is 1. The fourth-order valence-electron chi connectivity index (χ4n) is 2.58. The number of benzene rings is 2.